The van der Waals surface area contributed by atoms with Crippen molar-refractivity contribution >= 4 is 38.9 Å². The largest absolute Gasteiger partial charge is 0.384 e. The fourth-order valence-corrected chi connectivity index (χ4v) is 6.50. The van der Waals surface area contributed by atoms with Crippen LogP contribution >= 0.6 is 23.2 Å². The number of sulfone groups is 1. The van der Waals surface area contributed by atoms with Gasteiger partial charge >= 0.3 is 0 Å². The number of amides is 1. The van der Waals surface area contributed by atoms with Crippen LogP contribution < -0.4 is 5.73 Å². The molecule has 5 rings (SSSR count). The monoisotopic (exact) mass is 651 g/mol. The summed E-state index contributed by atoms with van der Waals surface area (Å²) in [5, 5.41) is 11.7. The van der Waals surface area contributed by atoms with Gasteiger partial charge in [-0.25, -0.2) is 17.8 Å². The van der Waals surface area contributed by atoms with Crippen LogP contribution in [0.1, 0.15) is 35.5 Å². The quantitative estimate of drug-likeness (QED) is 0.186. The second kappa shape index (κ2) is 11.8. The molecule has 5 aromatic rings. The first-order valence-corrected chi connectivity index (χ1v) is 16.1. The Balaban J connectivity index is 1.76. The lowest BCUT2D eigenvalue weighted by Crippen LogP contribution is -2.18. The maximum atomic E-state index is 15.3. The Kier molecular flexibility index (Phi) is 8.43. The normalized spacial score (nSPS) is 12.0. The molecule has 7 nitrogen and oxygen atoms in total. The summed E-state index contributed by atoms with van der Waals surface area (Å²) in [6.45, 7) is 3.41. The van der Waals surface area contributed by atoms with Crippen molar-refractivity contribution in [2.24, 2.45) is 5.73 Å². The lowest BCUT2D eigenvalue weighted by Gasteiger charge is -2.20. The van der Waals surface area contributed by atoms with Gasteiger partial charge in [-0.1, -0.05) is 77.8 Å². The summed E-state index contributed by atoms with van der Waals surface area (Å²) in [5.41, 5.74) is 7.04. The standard InChI is InChI=1S/C33H28Cl2FN3O4S/c1-33(2,41)30-29(39(18-19-8-5-4-6-9-19)32(38-30)28-24(34)10-7-11-26(28)36)22-14-12-20(16-25(22)35)21-13-15-23(31(37)40)27(17-21)44(3,42)43/h4-17,41H,18H2,1-3H3,(H2,37,40). The molecule has 1 aromatic heterocycles. The van der Waals surface area contributed by atoms with Gasteiger partial charge < -0.3 is 15.4 Å². The number of hydrogen-bond acceptors (Lipinski definition) is 5. The topological polar surface area (TPSA) is 115 Å². The van der Waals surface area contributed by atoms with E-state index < -0.39 is 27.2 Å². The van der Waals surface area contributed by atoms with E-state index >= 15 is 4.39 Å². The van der Waals surface area contributed by atoms with Gasteiger partial charge in [0.05, 0.1) is 37.5 Å². The van der Waals surface area contributed by atoms with Crippen molar-refractivity contribution in [1.29, 1.82) is 0 Å². The summed E-state index contributed by atoms with van der Waals surface area (Å²) in [6, 6.07) is 23.3. The minimum absolute atomic E-state index is 0.0810. The molecule has 0 atom stereocenters. The first kappa shape index (κ1) is 31.4. The highest BCUT2D eigenvalue weighted by Gasteiger charge is 2.32. The highest BCUT2D eigenvalue weighted by molar-refractivity contribution is 7.90. The van der Waals surface area contributed by atoms with E-state index in [0.29, 0.717) is 22.4 Å². The number of imidazole rings is 1. The van der Waals surface area contributed by atoms with Gasteiger partial charge in [0.1, 0.15) is 17.2 Å². The van der Waals surface area contributed by atoms with Crippen LogP contribution in [0.5, 0.6) is 0 Å². The molecule has 44 heavy (non-hydrogen) atoms. The summed E-state index contributed by atoms with van der Waals surface area (Å²) in [4.78, 5) is 16.4. The van der Waals surface area contributed by atoms with E-state index in [1.807, 2.05) is 30.3 Å². The summed E-state index contributed by atoms with van der Waals surface area (Å²) in [5.74, 6) is -1.22. The zero-order chi connectivity index (χ0) is 32.0. The van der Waals surface area contributed by atoms with Crippen molar-refractivity contribution in [3.05, 3.63) is 118 Å². The Bertz CT molecular complexity index is 2000. The van der Waals surface area contributed by atoms with E-state index in [1.54, 1.807) is 48.7 Å². The van der Waals surface area contributed by atoms with E-state index in [9.17, 15) is 18.3 Å². The molecule has 4 aromatic carbocycles. The van der Waals surface area contributed by atoms with E-state index in [2.05, 4.69) is 0 Å². The molecule has 0 fully saturated rings. The number of nitrogens with two attached hydrogens (primary N) is 1. The SMILES string of the molecule is CC(C)(O)c1nc(-c2c(F)cccc2Cl)n(Cc2ccccc2)c1-c1ccc(-c2ccc(C(N)=O)c(S(C)(=O)=O)c2)cc1Cl. The van der Waals surface area contributed by atoms with Gasteiger partial charge in [0.25, 0.3) is 0 Å². The second-order valence-corrected chi connectivity index (χ2v) is 13.7. The first-order valence-electron chi connectivity index (χ1n) is 13.4. The highest BCUT2D eigenvalue weighted by Crippen LogP contribution is 2.42. The Hall–Kier alpha value is -4.02. The van der Waals surface area contributed by atoms with Crippen LogP contribution in [0.15, 0.2) is 89.8 Å². The first-order chi connectivity index (χ1) is 20.7. The zero-order valence-electron chi connectivity index (χ0n) is 24.0. The second-order valence-electron chi connectivity index (χ2n) is 10.9. The van der Waals surface area contributed by atoms with Crippen molar-refractivity contribution < 1.29 is 22.7 Å². The zero-order valence-corrected chi connectivity index (χ0v) is 26.3. The van der Waals surface area contributed by atoms with Gasteiger partial charge in [0.2, 0.25) is 5.91 Å². The molecule has 0 saturated carbocycles. The molecule has 0 aliphatic rings. The van der Waals surface area contributed by atoms with Gasteiger partial charge in [0.15, 0.2) is 9.84 Å². The van der Waals surface area contributed by atoms with Crippen molar-refractivity contribution in [2.45, 2.75) is 30.9 Å². The Morgan fingerprint density at radius 3 is 2.20 bits per heavy atom. The fraction of sp³-hybridized carbons (Fsp3) is 0.152. The van der Waals surface area contributed by atoms with E-state index in [-0.39, 0.29) is 44.1 Å². The van der Waals surface area contributed by atoms with Crippen molar-refractivity contribution in [3.8, 4) is 33.8 Å². The van der Waals surface area contributed by atoms with Crippen LogP contribution in [0.4, 0.5) is 4.39 Å². The van der Waals surface area contributed by atoms with Gasteiger partial charge in [-0.05, 0) is 60.9 Å². The molecule has 0 saturated heterocycles. The number of rotatable bonds is 8. The number of primary amides is 1. The average Bonchev–Trinajstić information content (AvgIpc) is 3.31. The minimum Gasteiger partial charge on any atom is -0.384 e. The van der Waals surface area contributed by atoms with Crippen LogP contribution in [0.2, 0.25) is 10.0 Å². The minimum atomic E-state index is -3.77. The molecule has 0 unspecified atom stereocenters. The molecular weight excluding hydrogens is 624 g/mol. The van der Waals surface area contributed by atoms with Crippen LogP contribution in [-0.2, 0) is 22.0 Å². The molecule has 1 amide bonds. The molecule has 11 heteroatoms. The number of benzene rings is 4. The van der Waals surface area contributed by atoms with Gasteiger partial charge in [-0.3, -0.25) is 4.79 Å². The number of hydrogen-bond donors (Lipinski definition) is 2. The number of halogens is 3. The van der Waals surface area contributed by atoms with Crippen LogP contribution in [0.25, 0.3) is 33.8 Å². The molecule has 3 N–H and O–H groups in total. The van der Waals surface area contributed by atoms with Crippen LogP contribution in [0.3, 0.4) is 0 Å². The third-order valence-corrected chi connectivity index (χ3v) is 8.89. The van der Waals surface area contributed by atoms with Gasteiger partial charge in [0, 0.05) is 18.4 Å². The van der Waals surface area contributed by atoms with E-state index in [0.717, 1.165) is 11.8 Å². The molecule has 0 spiro atoms. The summed E-state index contributed by atoms with van der Waals surface area (Å²) in [7, 11) is -3.77. The molecule has 0 aliphatic heterocycles. The van der Waals surface area contributed by atoms with Crippen LogP contribution in [0, 0.1) is 5.82 Å². The Morgan fingerprint density at radius 2 is 1.61 bits per heavy atom. The lowest BCUT2D eigenvalue weighted by molar-refractivity contribution is 0.0749. The molecule has 0 aliphatic carbocycles. The third kappa shape index (κ3) is 6.14. The molecule has 0 bridgehead atoms. The maximum Gasteiger partial charge on any atom is 0.250 e. The summed E-state index contributed by atoms with van der Waals surface area (Å²) < 4.78 is 41.9. The highest BCUT2D eigenvalue weighted by atomic mass is 35.5. The number of aliphatic hydroxyl groups is 1. The van der Waals surface area contributed by atoms with E-state index in [1.165, 1.54) is 24.3 Å². The molecule has 226 valence electrons. The number of aromatic nitrogens is 2. The lowest BCUT2D eigenvalue weighted by atomic mass is 9.96. The smallest absolute Gasteiger partial charge is 0.250 e. The van der Waals surface area contributed by atoms with Gasteiger partial charge in [-0.2, -0.15) is 0 Å². The Morgan fingerprint density at radius 1 is 0.955 bits per heavy atom. The Labute approximate surface area is 264 Å². The average molecular weight is 653 g/mol. The number of nitrogens with zero attached hydrogens (tertiary/aromatic N) is 2. The summed E-state index contributed by atoms with van der Waals surface area (Å²) >= 11 is 13.4. The van der Waals surface area contributed by atoms with Crippen LogP contribution in [-0.4, -0.2) is 35.2 Å². The number of carbonyl (C=O) groups excluding carboxylic acids is 1. The molecule has 1 heterocycles. The summed E-state index contributed by atoms with van der Waals surface area (Å²) in [6.07, 6.45) is 1.00. The molecule has 0 radical (unpaired) electrons. The third-order valence-electron chi connectivity index (χ3n) is 7.12. The van der Waals surface area contributed by atoms with Crippen molar-refractivity contribution in [3.63, 3.8) is 0 Å². The van der Waals surface area contributed by atoms with E-state index in [4.69, 9.17) is 33.9 Å². The fourth-order valence-electron chi connectivity index (χ4n) is 5.07. The number of carbonyl (C=O) groups is 1. The molecular formula is C33H28Cl2FN3O4S. The van der Waals surface area contributed by atoms with Crippen molar-refractivity contribution in [2.75, 3.05) is 6.26 Å². The van der Waals surface area contributed by atoms with Gasteiger partial charge in [-0.15, -0.1) is 0 Å². The maximum absolute atomic E-state index is 15.3. The predicted octanol–water partition coefficient (Wildman–Crippen LogP) is 7.11. The van der Waals surface area contributed by atoms with Crippen molar-refractivity contribution in [1.82, 2.24) is 9.55 Å². The predicted molar refractivity (Wildman–Crippen MR) is 171 cm³/mol.